The zero-order valence-electron chi connectivity index (χ0n) is 10.6. The third-order valence-corrected chi connectivity index (χ3v) is 3.13. The van der Waals surface area contributed by atoms with Crippen LogP contribution in [0.3, 0.4) is 0 Å². The Bertz CT molecular complexity index is 459. The van der Waals surface area contributed by atoms with Gasteiger partial charge in [-0.05, 0) is 25.1 Å². The van der Waals surface area contributed by atoms with Gasteiger partial charge in [0.1, 0.15) is 0 Å². The summed E-state index contributed by atoms with van der Waals surface area (Å²) in [6.07, 6.45) is 1.18. The average molecular weight is 249 g/mol. The van der Waals surface area contributed by atoms with Gasteiger partial charge < -0.3 is 4.90 Å². The first kappa shape index (κ1) is 12.7. The summed E-state index contributed by atoms with van der Waals surface area (Å²) in [5.74, 6) is 0.790. The lowest BCUT2D eigenvalue weighted by molar-refractivity contribution is 0.257. The van der Waals surface area contributed by atoms with Crippen molar-refractivity contribution in [1.29, 1.82) is 10.9 Å². The lowest BCUT2D eigenvalue weighted by Crippen LogP contribution is -2.47. The van der Waals surface area contributed by atoms with E-state index in [1.165, 1.54) is 6.42 Å². The summed E-state index contributed by atoms with van der Waals surface area (Å²) >= 11 is 0. The third kappa shape index (κ3) is 2.73. The van der Waals surface area contributed by atoms with E-state index in [1.807, 2.05) is 6.07 Å². The summed E-state index contributed by atoms with van der Waals surface area (Å²) in [5.41, 5.74) is 7.08. The van der Waals surface area contributed by atoms with E-state index in [4.69, 9.17) is 10.9 Å². The van der Waals surface area contributed by atoms with Crippen molar-refractivity contribution in [2.45, 2.75) is 13.3 Å². The van der Waals surface area contributed by atoms with E-state index in [0.717, 1.165) is 43.3 Å². The van der Waals surface area contributed by atoms with Crippen LogP contribution in [0.25, 0.3) is 0 Å². The number of hydrogen-bond acceptors (Lipinski definition) is 6. The molecule has 98 valence electrons. The van der Waals surface area contributed by atoms with Gasteiger partial charge in [0.2, 0.25) is 0 Å². The maximum atomic E-state index is 7.53. The van der Waals surface area contributed by atoms with Gasteiger partial charge in [-0.2, -0.15) is 5.53 Å². The Morgan fingerprint density at radius 2 is 2.00 bits per heavy atom. The molecule has 0 aliphatic carbocycles. The van der Waals surface area contributed by atoms with E-state index in [0.29, 0.717) is 0 Å². The number of rotatable bonds is 4. The first-order valence-corrected chi connectivity index (χ1v) is 6.24. The summed E-state index contributed by atoms with van der Waals surface area (Å²) in [5, 5.41) is 14.9. The molecule has 1 aromatic heterocycles. The second kappa shape index (κ2) is 5.72. The fraction of sp³-hybridized carbons (Fsp3) is 0.636. The summed E-state index contributed by atoms with van der Waals surface area (Å²) in [6, 6.07) is 3.44. The van der Waals surface area contributed by atoms with Gasteiger partial charge in [0.25, 0.3) is 0 Å². The lowest BCUT2D eigenvalue weighted by atomic mass is 10.3. The van der Waals surface area contributed by atoms with Crippen LogP contribution < -0.4 is 10.4 Å². The second-order valence-electron chi connectivity index (χ2n) is 4.39. The molecule has 1 saturated heterocycles. The largest absolute Gasteiger partial charge is 0.353 e. The van der Waals surface area contributed by atoms with Crippen LogP contribution in [0.15, 0.2) is 17.4 Å². The van der Waals surface area contributed by atoms with Crippen molar-refractivity contribution in [3.8, 4) is 0 Å². The number of nitrogens with one attached hydrogen (secondary N) is 2. The molecule has 2 heterocycles. The van der Waals surface area contributed by atoms with Gasteiger partial charge in [0.05, 0.1) is 0 Å². The Labute approximate surface area is 106 Å². The summed E-state index contributed by atoms with van der Waals surface area (Å²) in [6.45, 7) is 7.28. The van der Waals surface area contributed by atoms with Gasteiger partial charge >= 0.3 is 0 Å². The molecule has 0 spiro atoms. The van der Waals surface area contributed by atoms with Crippen LogP contribution in [-0.4, -0.2) is 47.5 Å². The first-order valence-electron chi connectivity index (χ1n) is 6.24. The lowest BCUT2D eigenvalue weighted by Gasteiger charge is -2.35. The Morgan fingerprint density at radius 1 is 1.28 bits per heavy atom. The number of hydrogen-bond donors (Lipinski definition) is 2. The van der Waals surface area contributed by atoms with Gasteiger partial charge in [0, 0.05) is 26.2 Å². The SMILES string of the molecule is CCCN1CCN(c2ccc(=N)n(N=N)n2)CC1. The number of nitrogens with zero attached hydrogens (tertiary/aromatic N) is 5. The molecule has 0 unspecified atom stereocenters. The van der Waals surface area contributed by atoms with Crippen LogP contribution >= 0.6 is 0 Å². The molecule has 1 aliphatic heterocycles. The minimum Gasteiger partial charge on any atom is -0.353 e. The molecule has 7 heteroatoms. The number of anilines is 1. The van der Waals surface area contributed by atoms with Crippen LogP contribution in [0.4, 0.5) is 5.82 Å². The number of aromatic nitrogens is 2. The molecule has 1 fully saturated rings. The number of piperazine rings is 1. The molecule has 7 nitrogen and oxygen atoms in total. The maximum absolute atomic E-state index is 7.53. The predicted octanol–water partition coefficient (Wildman–Crippen LogP) is 0.689. The van der Waals surface area contributed by atoms with Crippen LogP contribution in [0.5, 0.6) is 0 Å². The molecule has 0 aromatic carbocycles. The van der Waals surface area contributed by atoms with Gasteiger partial charge in [-0.3, -0.25) is 10.3 Å². The van der Waals surface area contributed by atoms with Crippen LogP contribution in [0.2, 0.25) is 0 Å². The smallest absolute Gasteiger partial charge is 0.168 e. The highest BCUT2D eigenvalue weighted by Crippen LogP contribution is 2.11. The average Bonchev–Trinajstić information content (AvgIpc) is 2.41. The molecule has 0 saturated carbocycles. The van der Waals surface area contributed by atoms with Crippen LogP contribution in [0, 0.1) is 10.9 Å². The van der Waals surface area contributed by atoms with Crippen LogP contribution in [0.1, 0.15) is 13.3 Å². The van der Waals surface area contributed by atoms with Gasteiger partial charge in [-0.25, -0.2) is 0 Å². The second-order valence-corrected chi connectivity index (χ2v) is 4.39. The molecular formula is C11H19N7. The quantitative estimate of drug-likeness (QED) is 0.770. The van der Waals surface area contributed by atoms with Gasteiger partial charge in [-0.15, -0.1) is 9.89 Å². The zero-order valence-corrected chi connectivity index (χ0v) is 10.6. The molecule has 1 aliphatic rings. The van der Waals surface area contributed by atoms with Crippen molar-refractivity contribution < 1.29 is 0 Å². The summed E-state index contributed by atoms with van der Waals surface area (Å²) < 4.78 is 0. The van der Waals surface area contributed by atoms with Crippen molar-refractivity contribution in [2.24, 2.45) is 5.22 Å². The Kier molecular flexibility index (Phi) is 4.03. The fourth-order valence-corrected chi connectivity index (χ4v) is 2.17. The summed E-state index contributed by atoms with van der Waals surface area (Å²) in [4.78, 5) is 5.65. The molecule has 18 heavy (non-hydrogen) atoms. The highest BCUT2D eigenvalue weighted by atomic mass is 15.6. The molecular weight excluding hydrogens is 230 g/mol. The van der Waals surface area contributed by atoms with E-state index >= 15 is 0 Å². The molecule has 2 N–H and O–H groups in total. The van der Waals surface area contributed by atoms with E-state index < -0.39 is 0 Å². The van der Waals surface area contributed by atoms with Crippen molar-refractivity contribution in [3.63, 3.8) is 0 Å². The van der Waals surface area contributed by atoms with Crippen LogP contribution in [-0.2, 0) is 0 Å². The van der Waals surface area contributed by atoms with E-state index in [-0.39, 0.29) is 5.49 Å². The molecule has 1 aromatic rings. The highest BCUT2D eigenvalue weighted by molar-refractivity contribution is 5.36. The highest BCUT2D eigenvalue weighted by Gasteiger charge is 2.17. The Balaban J connectivity index is 2.05. The molecule has 0 bridgehead atoms. The zero-order chi connectivity index (χ0) is 13.0. The normalized spacial score (nSPS) is 16.8. The predicted molar refractivity (Wildman–Crippen MR) is 67.6 cm³/mol. The van der Waals surface area contributed by atoms with Crippen molar-refractivity contribution in [2.75, 3.05) is 37.6 Å². The fourth-order valence-electron chi connectivity index (χ4n) is 2.17. The molecule has 0 atom stereocenters. The monoisotopic (exact) mass is 249 g/mol. The van der Waals surface area contributed by atoms with E-state index in [9.17, 15) is 0 Å². The van der Waals surface area contributed by atoms with E-state index in [1.54, 1.807) is 6.07 Å². The first-order chi connectivity index (χ1) is 8.74. The van der Waals surface area contributed by atoms with Gasteiger partial charge in [0.15, 0.2) is 11.3 Å². The van der Waals surface area contributed by atoms with Crippen molar-refractivity contribution >= 4 is 5.82 Å². The molecule has 0 radical (unpaired) electrons. The maximum Gasteiger partial charge on any atom is 0.168 e. The summed E-state index contributed by atoms with van der Waals surface area (Å²) in [7, 11) is 0. The minimum absolute atomic E-state index is 0.123. The van der Waals surface area contributed by atoms with Crippen molar-refractivity contribution in [1.82, 2.24) is 14.8 Å². The van der Waals surface area contributed by atoms with Crippen molar-refractivity contribution in [3.05, 3.63) is 17.6 Å². The standard InChI is InChI=1S/C11H19N7/c1-2-5-16-6-8-17(9-7-16)11-4-3-10(12)18(14-11)15-13/h3-4,12-13H,2,5-9H2,1H3. The molecule has 2 rings (SSSR count). The molecule has 0 amide bonds. The Morgan fingerprint density at radius 3 is 2.61 bits per heavy atom. The third-order valence-electron chi connectivity index (χ3n) is 3.13. The van der Waals surface area contributed by atoms with E-state index in [2.05, 4.69) is 27.0 Å². The minimum atomic E-state index is 0.123. The topological polar surface area (TPSA) is 84.4 Å². The van der Waals surface area contributed by atoms with Gasteiger partial charge in [-0.1, -0.05) is 12.1 Å². The Hall–Kier alpha value is -1.76.